The Hall–Kier alpha value is -3.09. The fourth-order valence-corrected chi connectivity index (χ4v) is 11.1. The maximum absolute atomic E-state index is 14.4. The molecule has 7 heteroatoms. The lowest BCUT2D eigenvalue weighted by Gasteiger charge is -2.59. The van der Waals surface area contributed by atoms with Gasteiger partial charge in [0.1, 0.15) is 23.6 Å². The van der Waals surface area contributed by atoms with E-state index < -0.39 is 17.4 Å². The Bertz CT molecular complexity index is 1520. The fraction of sp³-hybridized carbons (Fsp3) is 0.667. The summed E-state index contributed by atoms with van der Waals surface area (Å²) in [4.78, 5) is 40.2. The average molecular weight is 629 g/mol. The molecule has 9 rings (SSSR count). The number of hydrogen-bond donors (Lipinski definition) is 1. The summed E-state index contributed by atoms with van der Waals surface area (Å²) in [5.41, 5.74) is 0.708. The lowest BCUT2D eigenvalue weighted by molar-refractivity contribution is -0.208. The van der Waals surface area contributed by atoms with Crippen LogP contribution in [0, 0.1) is 53.3 Å². The van der Waals surface area contributed by atoms with Crippen LogP contribution >= 0.6 is 0 Å². The number of carbonyl (C=O) groups is 3. The van der Waals surface area contributed by atoms with Gasteiger partial charge >= 0.3 is 17.9 Å². The van der Waals surface area contributed by atoms with Gasteiger partial charge in [-0.15, -0.1) is 0 Å². The molecule has 6 aliphatic carbocycles. The smallest absolute Gasteiger partial charge is 0.309 e. The van der Waals surface area contributed by atoms with Crippen LogP contribution in [0.2, 0.25) is 0 Å². The molecule has 1 saturated heterocycles. The first-order chi connectivity index (χ1) is 22.1. The van der Waals surface area contributed by atoms with E-state index in [4.69, 9.17) is 14.2 Å². The largest absolute Gasteiger partial charge is 0.508 e. The highest BCUT2D eigenvalue weighted by molar-refractivity contribution is 5.84. The Morgan fingerprint density at radius 1 is 0.935 bits per heavy atom. The monoisotopic (exact) mass is 628 g/mol. The second-order valence-electron chi connectivity index (χ2n) is 16.2. The number of rotatable bonds is 10. The van der Waals surface area contributed by atoms with Gasteiger partial charge in [-0.3, -0.25) is 14.4 Å². The molecule has 8 atom stereocenters. The third-order valence-electron chi connectivity index (χ3n) is 13.5. The molecule has 1 N–H and O–H groups in total. The maximum atomic E-state index is 14.4. The van der Waals surface area contributed by atoms with Crippen LogP contribution in [-0.2, 0) is 28.6 Å². The summed E-state index contributed by atoms with van der Waals surface area (Å²) in [6, 6.07) is 11.7. The second kappa shape index (κ2) is 11.3. The Labute approximate surface area is 271 Å². The minimum Gasteiger partial charge on any atom is -0.508 e. The molecule has 8 unspecified atom stereocenters. The van der Waals surface area contributed by atoms with Gasteiger partial charge in [0.25, 0.3) is 0 Å². The number of esters is 3. The quantitative estimate of drug-likeness (QED) is 0.217. The Kier molecular flexibility index (Phi) is 7.41. The van der Waals surface area contributed by atoms with Crippen molar-refractivity contribution in [1.82, 2.24) is 0 Å². The molecule has 6 bridgehead atoms. The predicted molar refractivity (Wildman–Crippen MR) is 172 cm³/mol. The number of ether oxygens (including phenoxy) is 3. The Morgan fingerprint density at radius 2 is 1.63 bits per heavy atom. The van der Waals surface area contributed by atoms with Crippen LogP contribution in [0.15, 0.2) is 36.4 Å². The van der Waals surface area contributed by atoms with E-state index in [0.717, 1.165) is 73.1 Å². The first-order valence-corrected chi connectivity index (χ1v) is 18.0. The fourth-order valence-electron chi connectivity index (χ4n) is 11.1. The van der Waals surface area contributed by atoms with Gasteiger partial charge in [-0.05, 0) is 129 Å². The topological polar surface area (TPSA) is 99.1 Å². The van der Waals surface area contributed by atoms with Gasteiger partial charge in [0.05, 0.1) is 17.8 Å². The van der Waals surface area contributed by atoms with Gasteiger partial charge in [-0.1, -0.05) is 38.1 Å². The summed E-state index contributed by atoms with van der Waals surface area (Å²) in [5, 5.41) is 12.0. The van der Waals surface area contributed by atoms with E-state index in [1.807, 2.05) is 19.1 Å². The number of hydrogen-bond acceptors (Lipinski definition) is 7. The van der Waals surface area contributed by atoms with Crippen molar-refractivity contribution in [3.05, 3.63) is 42.0 Å². The molecule has 7 nitrogen and oxygen atoms in total. The highest BCUT2D eigenvalue weighted by atomic mass is 16.6. The summed E-state index contributed by atoms with van der Waals surface area (Å²) in [6.07, 6.45) is 8.70. The van der Waals surface area contributed by atoms with E-state index in [0.29, 0.717) is 24.7 Å². The van der Waals surface area contributed by atoms with Crippen molar-refractivity contribution in [2.45, 2.75) is 109 Å². The number of carbonyl (C=O) groups excluding carboxylic acids is 3. The lowest BCUT2D eigenvalue weighted by Crippen LogP contribution is -2.58. The molecule has 0 radical (unpaired) electrons. The third kappa shape index (κ3) is 5.02. The van der Waals surface area contributed by atoms with E-state index in [9.17, 15) is 19.5 Å². The summed E-state index contributed by atoms with van der Waals surface area (Å²) in [7, 11) is 0. The molecule has 0 aromatic heterocycles. The van der Waals surface area contributed by atoms with Gasteiger partial charge in [0, 0.05) is 11.8 Å². The molecule has 1 heterocycles. The zero-order valence-corrected chi connectivity index (χ0v) is 27.4. The van der Waals surface area contributed by atoms with E-state index >= 15 is 0 Å². The number of benzene rings is 2. The molecule has 46 heavy (non-hydrogen) atoms. The molecule has 7 fully saturated rings. The number of phenols is 1. The van der Waals surface area contributed by atoms with Crippen molar-refractivity contribution < 1.29 is 33.7 Å². The molecule has 0 spiro atoms. The van der Waals surface area contributed by atoms with Crippen LogP contribution < -0.4 is 0 Å². The predicted octanol–water partition coefficient (Wildman–Crippen LogP) is 7.32. The molecule has 6 saturated carbocycles. The minimum absolute atomic E-state index is 0.0279. The zero-order chi connectivity index (χ0) is 31.9. The summed E-state index contributed by atoms with van der Waals surface area (Å²) in [5.74, 6) is 1.50. The maximum Gasteiger partial charge on any atom is 0.309 e. The molecule has 1 aliphatic heterocycles. The van der Waals surface area contributed by atoms with Crippen molar-refractivity contribution in [1.29, 1.82) is 0 Å². The van der Waals surface area contributed by atoms with Crippen molar-refractivity contribution in [2.24, 2.45) is 53.3 Å². The first kappa shape index (κ1) is 30.3. The van der Waals surface area contributed by atoms with E-state index in [-0.39, 0.29) is 59.5 Å². The van der Waals surface area contributed by atoms with Gasteiger partial charge in [-0.2, -0.15) is 0 Å². The van der Waals surface area contributed by atoms with Crippen LogP contribution in [0.5, 0.6) is 5.75 Å². The van der Waals surface area contributed by atoms with E-state index in [1.165, 1.54) is 6.42 Å². The Morgan fingerprint density at radius 3 is 2.35 bits per heavy atom. The van der Waals surface area contributed by atoms with E-state index in [1.54, 1.807) is 12.1 Å². The Balaban J connectivity index is 1.02. The molecule has 2 aromatic rings. The van der Waals surface area contributed by atoms with Gasteiger partial charge in [0.15, 0.2) is 0 Å². The van der Waals surface area contributed by atoms with Crippen molar-refractivity contribution >= 4 is 28.7 Å². The average Bonchev–Trinajstić information content (AvgIpc) is 3.67. The normalized spacial score (nSPS) is 38.5. The highest BCUT2D eigenvalue weighted by Gasteiger charge is 2.63. The standard InChI is InChI=1S/C39H48O7/c1-4-23(24-5-6-26-17-31(40)8-7-25(26)16-24)15-28(37(42)46-39(3)29-11-21-10-22(13-29)14-30(39)12-21)9-20(2)36(41)44-34-27-18-32-33(19-27)38(43)45-35(32)34/h5-8,16-17,20-23,27-30,32-35,40H,4,9-15,18-19H2,1-3H3. The summed E-state index contributed by atoms with van der Waals surface area (Å²) >= 11 is 0. The van der Waals surface area contributed by atoms with Crippen LogP contribution in [-0.4, -0.2) is 40.8 Å². The molecule has 7 aliphatic rings. The summed E-state index contributed by atoms with van der Waals surface area (Å²) < 4.78 is 18.4. The highest BCUT2D eigenvalue weighted by Crippen LogP contribution is 2.60. The van der Waals surface area contributed by atoms with Crippen LogP contribution in [0.4, 0.5) is 0 Å². The molecule has 0 amide bonds. The van der Waals surface area contributed by atoms with Gasteiger partial charge < -0.3 is 19.3 Å². The molecular formula is C39H48O7. The van der Waals surface area contributed by atoms with Crippen LogP contribution in [0.1, 0.15) is 96.5 Å². The SMILES string of the molecule is CCC(CC(CC(C)C(=O)OC1C2CC3C(=O)OC1C3C2)C(=O)OC1(C)C2CC3CC(C2)CC1C3)c1ccc2cc(O)ccc2c1. The molecule has 2 aromatic carbocycles. The van der Waals surface area contributed by atoms with Crippen molar-refractivity contribution in [2.75, 3.05) is 0 Å². The zero-order valence-electron chi connectivity index (χ0n) is 27.4. The number of aromatic hydroxyl groups is 1. The molecular weight excluding hydrogens is 580 g/mol. The van der Waals surface area contributed by atoms with Crippen molar-refractivity contribution in [3.63, 3.8) is 0 Å². The minimum atomic E-state index is -0.493. The number of fused-ring (bicyclic) bond motifs is 2. The molecule has 246 valence electrons. The number of phenolic OH excluding ortho intramolecular Hbond substituents is 1. The third-order valence-corrected chi connectivity index (χ3v) is 13.5. The second-order valence-corrected chi connectivity index (χ2v) is 16.2. The van der Waals surface area contributed by atoms with Gasteiger partial charge in [0.2, 0.25) is 0 Å². The summed E-state index contributed by atoms with van der Waals surface area (Å²) in [6.45, 7) is 6.21. The van der Waals surface area contributed by atoms with Crippen molar-refractivity contribution in [3.8, 4) is 5.75 Å². The first-order valence-electron chi connectivity index (χ1n) is 18.0. The van der Waals surface area contributed by atoms with Crippen LogP contribution in [0.25, 0.3) is 10.8 Å². The van der Waals surface area contributed by atoms with Crippen LogP contribution in [0.3, 0.4) is 0 Å². The van der Waals surface area contributed by atoms with E-state index in [2.05, 4.69) is 26.0 Å². The van der Waals surface area contributed by atoms with Gasteiger partial charge in [-0.25, -0.2) is 0 Å². The lowest BCUT2D eigenvalue weighted by atomic mass is 9.50.